The predicted molar refractivity (Wildman–Crippen MR) is 110 cm³/mol. The summed E-state index contributed by atoms with van der Waals surface area (Å²) in [5.74, 6) is -1.00. The Balaban J connectivity index is 1.70. The maximum Gasteiger partial charge on any atom is 0.418 e. The predicted octanol–water partition coefficient (Wildman–Crippen LogP) is 5.06. The third-order valence-electron chi connectivity index (χ3n) is 4.07. The van der Waals surface area contributed by atoms with Gasteiger partial charge in [-0.25, -0.2) is 4.99 Å². The first-order valence-corrected chi connectivity index (χ1v) is 10.1. The monoisotopic (exact) mass is 485 g/mol. The van der Waals surface area contributed by atoms with Crippen molar-refractivity contribution in [2.24, 2.45) is 4.99 Å². The average Bonchev–Trinajstić information content (AvgIpc) is 2.91. The Morgan fingerprint density at radius 1 is 1.21 bits per heavy atom. The van der Waals surface area contributed by atoms with Crippen LogP contribution in [0.3, 0.4) is 0 Å². The van der Waals surface area contributed by atoms with Gasteiger partial charge in [0.25, 0.3) is 0 Å². The van der Waals surface area contributed by atoms with Gasteiger partial charge in [0, 0.05) is 17.9 Å². The zero-order valence-corrected chi connectivity index (χ0v) is 17.4. The molecule has 0 radical (unpaired) electrons. The van der Waals surface area contributed by atoms with Gasteiger partial charge in [-0.3, -0.25) is 14.5 Å². The quantitative estimate of drug-likeness (QED) is 0.658. The molecule has 3 rings (SSSR count). The summed E-state index contributed by atoms with van der Waals surface area (Å²) in [7, 11) is 1.55. The highest BCUT2D eigenvalue weighted by molar-refractivity contribution is 9.10. The average molecular weight is 486 g/mol. The number of thioether (sulfide) groups is 1. The molecule has 0 bridgehead atoms. The standard InChI is InChI=1S/C19H15BrF3N3O2S/c1-26-17(28)15(29-18(26)24-12-8-6-11(20)7-9-12)10-16(27)25-14-5-3-2-4-13(14)19(21,22)23/h2-9,15H,10H2,1H3,(H,25,27)/t15-/m1/s1. The Morgan fingerprint density at radius 3 is 2.52 bits per heavy atom. The summed E-state index contributed by atoms with van der Waals surface area (Å²) < 4.78 is 40.1. The maximum atomic E-state index is 13.1. The summed E-state index contributed by atoms with van der Waals surface area (Å²) in [5.41, 5.74) is -0.634. The number of amidine groups is 1. The van der Waals surface area contributed by atoms with E-state index >= 15 is 0 Å². The lowest BCUT2D eigenvalue weighted by atomic mass is 10.1. The Morgan fingerprint density at radius 2 is 1.86 bits per heavy atom. The van der Waals surface area contributed by atoms with E-state index in [1.165, 1.54) is 23.1 Å². The molecule has 2 amide bonds. The number of nitrogens with one attached hydrogen (secondary N) is 1. The van der Waals surface area contributed by atoms with Crippen LogP contribution in [0, 0.1) is 0 Å². The zero-order valence-electron chi connectivity index (χ0n) is 15.0. The first-order chi connectivity index (χ1) is 13.6. The first kappa shape index (κ1) is 21.4. The van der Waals surface area contributed by atoms with E-state index in [9.17, 15) is 22.8 Å². The van der Waals surface area contributed by atoms with Crippen LogP contribution in [0.5, 0.6) is 0 Å². The number of anilines is 1. The lowest BCUT2D eigenvalue weighted by Crippen LogP contribution is -2.30. The van der Waals surface area contributed by atoms with Gasteiger partial charge >= 0.3 is 6.18 Å². The molecule has 0 spiro atoms. The molecule has 1 saturated heterocycles. The summed E-state index contributed by atoms with van der Waals surface area (Å²) in [6, 6.07) is 11.9. The van der Waals surface area contributed by atoms with Crippen molar-refractivity contribution in [2.45, 2.75) is 17.8 Å². The molecule has 2 aromatic rings. The van der Waals surface area contributed by atoms with E-state index in [2.05, 4.69) is 26.2 Å². The molecular formula is C19H15BrF3N3O2S. The molecule has 152 valence electrons. The largest absolute Gasteiger partial charge is 0.418 e. The van der Waals surface area contributed by atoms with Crippen LogP contribution in [-0.2, 0) is 15.8 Å². The lowest BCUT2D eigenvalue weighted by Gasteiger charge is -2.14. The van der Waals surface area contributed by atoms with Crippen LogP contribution in [0.4, 0.5) is 24.5 Å². The fourth-order valence-corrected chi connectivity index (χ4v) is 4.05. The lowest BCUT2D eigenvalue weighted by molar-refractivity contribution is -0.137. The molecule has 1 atom stereocenters. The third-order valence-corrected chi connectivity index (χ3v) is 5.83. The maximum absolute atomic E-state index is 13.1. The van der Waals surface area contributed by atoms with Crippen molar-refractivity contribution in [1.29, 1.82) is 0 Å². The van der Waals surface area contributed by atoms with Crippen molar-refractivity contribution in [3.05, 3.63) is 58.6 Å². The second-order valence-corrected chi connectivity index (χ2v) is 8.26. The fraction of sp³-hybridized carbons (Fsp3) is 0.211. The van der Waals surface area contributed by atoms with Gasteiger partial charge in [-0.1, -0.05) is 39.8 Å². The number of halogens is 4. The number of para-hydroxylation sites is 1. The van der Waals surface area contributed by atoms with Gasteiger partial charge in [0.1, 0.15) is 5.25 Å². The van der Waals surface area contributed by atoms with Crippen LogP contribution in [0.2, 0.25) is 0 Å². The summed E-state index contributed by atoms with van der Waals surface area (Å²) in [6.07, 6.45) is -4.86. The topological polar surface area (TPSA) is 61.8 Å². The second-order valence-electron chi connectivity index (χ2n) is 6.17. The van der Waals surface area contributed by atoms with Gasteiger partial charge in [0.05, 0.1) is 16.9 Å². The molecule has 1 heterocycles. The number of carbonyl (C=O) groups excluding carboxylic acids is 2. The van der Waals surface area contributed by atoms with Crippen molar-refractivity contribution < 1.29 is 22.8 Å². The Bertz CT molecular complexity index is 964. The van der Waals surface area contributed by atoms with Crippen molar-refractivity contribution in [3.8, 4) is 0 Å². The van der Waals surface area contributed by atoms with E-state index in [0.29, 0.717) is 10.9 Å². The van der Waals surface area contributed by atoms with E-state index in [1.54, 1.807) is 19.2 Å². The number of nitrogens with zero attached hydrogens (tertiary/aromatic N) is 2. The number of carbonyl (C=O) groups is 2. The van der Waals surface area contributed by atoms with Gasteiger partial charge in [-0.15, -0.1) is 0 Å². The van der Waals surface area contributed by atoms with Gasteiger partial charge in [-0.2, -0.15) is 13.2 Å². The number of amides is 2. The minimum absolute atomic E-state index is 0.264. The molecule has 0 aliphatic carbocycles. The molecule has 29 heavy (non-hydrogen) atoms. The van der Waals surface area contributed by atoms with Crippen LogP contribution in [0.1, 0.15) is 12.0 Å². The minimum atomic E-state index is -4.59. The number of aliphatic imine (C=N–C) groups is 1. The normalized spacial score (nSPS) is 18.4. The van der Waals surface area contributed by atoms with Gasteiger partial charge < -0.3 is 5.32 Å². The van der Waals surface area contributed by atoms with Gasteiger partial charge in [-0.05, 0) is 36.4 Å². The van der Waals surface area contributed by atoms with Crippen LogP contribution in [0.25, 0.3) is 0 Å². The van der Waals surface area contributed by atoms with Crippen LogP contribution >= 0.6 is 27.7 Å². The van der Waals surface area contributed by atoms with E-state index in [0.717, 1.165) is 22.3 Å². The van der Waals surface area contributed by atoms with Crippen LogP contribution in [-0.4, -0.2) is 34.2 Å². The van der Waals surface area contributed by atoms with Crippen molar-refractivity contribution >= 4 is 56.0 Å². The van der Waals surface area contributed by atoms with Crippen molar-refractivity contribution in [3.63, 3.8) is 0 Å². The molecule has 1 fully saturated rings. The molecule has 2 aromatic carbocycles. The minimum Gasteiger partial charge on any atom is -0.325 e. The van der Waals surface area contributed by atoms with Crippen LogP contribution < -0.4 is 5.32 Å². The summed E-state index contributed by atoms with van der Waals surface area (Å²) in [4.78, 5) is 30.5. The molecule has 5 nitrogen and oxygen atoms in total. The van der Waals surface area contributed by atoms with E-state index < -0.39 is 22.9 Å². The summed E-state index contributed by atoms with van der Waals surface area (Å²) in [6.45, 7) is 0. The molecule has 0 aromatic heterocycles. The Hall–Kier alpha value is -2.33. The first-order valence-electron chi connectivity index (χ1n) is 8.39. The van der Waals surface area contributed by atoms with E-state index in [1.807, 2.05) is 12.1 Å². The van der Waals surface area contributed by atoms with Crippen molar-refractivity contribution in [2.75, 3.05) is 12.4 Å². The third kappa shape index (κ3) is 5.18. The number of alkyl halides is 3. The highest BCUT2D eigenvalue weighted by Gasteiger charge is 2.38. The Kier molecular flexibility index (Phi) is 6.33. The highest BCUT2D eigenvalue weighted by Crippen LogP contribution is 2.35. The fourth-order valence-electron chi connectivity index (χ4n) is 2.63. The smallest absolute Gasteiger partial charge is 0.325 e. The number of rotatable bonds is 4. The molecular weight excluding hydrogens is 471 g/mol. The molecule has 0 saturated carbocycles. The van der Waals surface area contributed by atoms with Crippen LogP contribution in [0.15, 0.2) is 58.0 Å². The molecule has 1 aliphatic rings. The molecule has 1 N–H and O–H groups in total. The molecule has 1 aliphatic heterocycles. The van der Waals surface area contributed by atoms with Gasteiger partial charge in [0.2, 0.25) is 11.8 Å². The van der Waals surface area contributed by atoms with Crippen molar-refractivity contribution in [1.82, 2.24) is 4.90 Å². The number of benzene rings is 2. The molecule has 10 heteroatoms. The SMILES string of the molecule is CN1C(=O)[C@@H](CC(=O)Nc2ccccc2C(F)(F)F)SC1=Nc1ccc(Br)cc1. The highest BCUT2D eigenvalue weighted by atomic mass is 79.9. The van der Waals surface area contributed by atoms with E-state index in [-0.39, 0.29) is 18.0 Å². The van der Waals surface area contributed by atoms with Gasteiger partial charge in [0.15, 0.2) is 5.17 Å². The van der Waals surface area contributed by atoms with E-state index in [4.69, 9.17) is 0 Å². The number of hydrogen-bond donors (Lipinski definition) is 1. The Labute approximate surface area is 177 Å². The number of hydrogen-bond acceptors (Lipinski definition) is 4. The zero-order chi connectivity index (χ0) is 21.2. The summed E-state index contributed by atoms with van der Waals surface area (Å²) >= 11 is 4.43. The molecule has 0 unspecified atom stereocenters. The summed E-state index contributed by atoms with van der Waals surface area (Å²) in [5, 5.41) is 1.93. The second kappa shape index (κ2) is 8.58.